The predicted molar refractivity (Wildman–Crippen MR) is 67.9 cm³/mol. The van der Waals surface area contributed by atoms with Crippen molar-refractivity contribution in [2.75, 3.05) is 0 Å². The molecule has 2 rings (SSSR count). The smallest absolute Gasteiger partial charge is 0.254 e. The molecule has 0 atom stereocenters. The number of rotatable bonds is 2. The third-order valence-electron chi connectivity index (χ3n) is 3.41. The zero-order chi connectivity index (χ0) is 13.0. The molecule has 0 spiro atoms. The Bertz CT molecular complexity index is 484. The molecule has 1 fully saturated rings. The third-order valence-corrected chi connectivity index (χ3v) is 3.41. The molecule has 1 aromatic heterocycles. The minimum absolute atomic E-state index is 0.199. The van der Waals surface area contributed by atoms with E-state index in [4.69, 9.17) is 0 Å². The molecule has 1 N–H and O–H groups in total. The number of hydrogen-bond donors (Lipinski definition) is 1. The van der Waals surface area contributed by atoms with Crippen molar-refractivity contribution < 1.29 is 4.79 Å². The molecule has 0 unspecified atom stereocenters. The van der Waals surface area contributed by atoms with Gasteiger partial charge in [0.2, 0.25) is 0 Å². The van der Waals surface area contributed by atoms with Crippen molar-refractivity contribution in [1.82, 2.24) is 10.3 Å². The molecule has 1 saturated carbocycles. The van der Waals surface area contributed by atoms with Crippen LogP contribution in [0.2, 0.25) is 0 Å². The predicted octanol–water partition coefficient (Wildman–Crippen LogP) is 2.35. The standard InChI is InChI=1S/C14H17N3O/c1-11-7-12(9-16-8-11)13(18)17-14(10-15)5-3-2-4-6-14/h7-9H,2-6H2,1H3,(H,17,18). The Balaban J connectivity index is 2.13. The summed E-state index contributed by atoms with van der Waals surface area (Å²) in [4.78, 5) is 16.1. The van der Waals surface area contributed by atoms with Gasteiger partial charge in [-0.05, 0) is 31.4 Å². The number of nitrogens with zero attached hydrogens (tertiary/aromatic N) is 2. The monoisotopic (exact) mass is 243 g/mol. The van der Waals surface area contributed by atoms with Crippen molar-refractivity contribution >= 4 is 5.91 Å². The molecule has 0 radical (unpaired) electrons. The van der Waals surface area contributed by atoms with Gasteiger partial charge in [0, 0.05) is 12.4 Å². The molecule has 0 saturated heterocycles. The van der Waals surface area contributed by atoms with Gasteiger partial charge in [0.15, 0.2) is 0 Å². The molecule has 1 aliphatic rings. The number of hydrogen-bond acceptors (Lipinski definition) is 3. The Hall–Kier alpha value is -1.89. The van der Waals surface area contributed by atoms with Crippen LogP contribution >= 0.6 is 0 Å². The summed E-state index contributed by atoms with van der Waals surface area (Å²) in [5, 5.41) is 12.2. The lowest BCUT2D eigenvalue weighted by atomic mass is 9.82. The first-order valence-corrected chi connectivity index (χ1v) is 6.31. The van der Waals surface area contributed by atoms with Crippen LogP contribution in [0.1, 0.15) is 48.0 Å². The summed E-state index contributed by atoms with van der Waals surface area (Å²) in [7, 11) is 0. The van der Waals surface area contributed by atoms with Gasteiger partial charge < -0.3 is 5.32 Å². The molecule has 0 aliphatic heterocycles. The number of carbonyl (C=O) groups excluding carboxylic acids is 1. The summed E-state index contributed by atoms with van der Waals surface area (Å²) in [6.45, 7) is 1.89. The van der Waals surface area contributed by atoms with Crippen LogP contribution in [0, 0.1) is 18.3 Å². The van der Waals surface area contributed by atoms with Crippen molar-refractivity contribution in [1.29, 1.82) is 5.26 Å². The quantitative estimate of drug-likeness (QED) is 0.867. The zero-order valence-corrected chi connectivity index (χ0v) is 10.6. The minimum atomic E-state index is -0.681. The van der Waals surface area contributed by atoms with Gasteiger partial charge in [0.05, 0.1) is 11.6 Å². The Labute approximate surface area is 107 Å². The molecule has 4 nitrogen and oxygen atoms in total. The van der Waals surface area contributed by atoms with E-state index in [0.29, 0.717) is 5.56 Å². The van der Waals surface area contributed by atoms with Crippen LogP contribution in [0.4, 0.5) is 0 Å². The van der Waals surface area contributed by atoms with Crippen molar-refractivity contribution in [2.45, 2.75) is 44.6 Å². The SMILES string of the molecule is Cc1cncc(C(=O)NC2(C#N)CCCCC2)c1. The second-order valence-corrected chi connectivity index (χ2v) is 4.96. The molecule has 1 aromatic rings. The van der Waals surface area contributed by atoms with Crippen LogP contribution in [0.25, 0.3) is 0 Å². The first kappa shape index (κ1) is 12.6. The molecule has 4 heteroatoms. The average molecular weight is 243 g/mol. The second kappa shape index (κ2) is 5.18. The summed E-state index contributed by atoms with van der Waals surface area (Å²) in [5.74, 6) is -0.199. The van der Waals surface area contributed by atoms with E-state index < -0.39 is 5.54 Å². The van der Waals surface area contributed by atoms with Gasteiger partial charge in [-0.2, -0.15) is 5.26 Å². The van der Waals surface area contributed by atoms with Crippen LogP contribution < -0.4 is 5.32 Å². The molecular formula is C14H17N3O. The Kier molecular flexibility index (Phi) is 3.61. The minimum Gasteiger partial charge on any atom is -0.334 e. The summed E-state index contributed by atoms with van der Waals surface area (Å²) >= 11 is 0. The molecule has 1 aliphatic carbocycles. The number of pyridine rings is 1. The summed E-state index contributed by atoms with van der Waals surface area (Å²) < 4.78 is 0. The van der Waals surface area contributed by atoms with E-state index in [0.717, 1.165) is 37.7 Å². The molecule has 1 heterocycles. The molecule has 94 valence electrons. The topological polar surface area (TPSA) is 65.8 Å². The lowest BCUT2D eigenvalue weighted by Gasteiger charge is -2.31. The van der Waals surface area contributed by atoms with Crippen LogP contribution in [0.3, 0.4) is 0 Å². The van der Waals surface area contributed by atoms with E-state index in [1.54, 1.807) is 12.3 Å². The van der Waals surface area contributed by atoms with Crippen molar-refractivity contribution in [2.24, 2.45) is 0 Å². The maximum absolute atomic E-state index is 12.1. The van der Waals surface area contributed by atoms with Crippen LogP contribution in [-0.4, -0.2) is 16.4 Å². The summed E-state index contributed by atoms with van der Waals surface area (Å²) in [6.07, 6.45) is 7.88. The fourth-order valence-electron chi connectivity index (χ4n) is 2.39. The molecule has 18 heavy (non-hydrogen) atoms. The van der Waals surface area contributed by atoms with E-state index in [1.807, 2.05) is 6.92 Å². The van der Waals surface area contributed by atoms with Gasteiger partial charge in [-0.1, -0.05) is 19.3 Å². The lowest BCUT2D eigenvalue weighted by Crippen LogP contribution is -2.48. The van der Waals surface area contributed by atoms with Gasteiger partial charge in [-0.3, -0.25) is 9.78 Å². The van der Waals surface area contributed by atoms with E-state index in [1.165, 1.54) is 6.20 Å². The lowest BCUT2D eigenvalue weighted by molar-refractivity contribution is 0.0902. The van der Waals surface area contributed by atoms with E-state index in [-0.39, 0.29) is 5.91 Å². The van der Waals surface area contributed by atoms with E-state index in [9.17, 15) is 10.1 Å². The van der Waals surface area contributed by atoms with Crippen LogP contribution in [-0.2, 0) is 0 Å². The van der Waals surface area contributed by atoms with Crippen LogP contribution in [0.5, 0.6) is 0 Å². The Morgan fingerprint density at radius 3 is 2.72 bits per heavy atom. The number of amides is 1. The van der Waals surface area contributed by atoms with Crippen molar-refractivity contribution in [3.8, 4) is 6.07 Å². The number of nitrogens with one attached hydrogen (secondary N) is 1. The van der Waals surface area contributed by atoms with Crippen molar-refractivity contribution in [3.05, 3.63) is 29.6 Å². The number of carbonyl (C=O) groups is 1. The molecule has 1 amide bonds. The van der Waals surface area contributed by atoms with Gasteiger partial charge >= 0.3 is 0 Å². The molecule has 0 aromatic carbocycles. The van der Waals surface area contributed by atoms with Gasteiger partial charge in [-0.25, -0.2) is 0 Å². The third kappa shape index (κ3) is 2.67. The number of nitriles is 1. The normalized spacial score (nSPS) is 17.8. The second-order valence-electron chi connectivity index (χ2n) is 4.96. The maximum Gasteiger partial charge on any atom is 0.254 e. The van der Waals surface area contributed by atoms with E-state index >= 15 is 0 Å². The first-order chi connectivity index (χ1) is 8.65. The fraction of sp³-hybridized carbons (Fsp3) is 0.500. The maximum atomic E-state index is 12.1. The van der Waals surface area contributed by atoms with Gasteiger partial charge in [-0.15, -0.1) is 0 Å². The summed E-state index contributed by atoms with van der Waals surface area (Å²) in [5.41, 5.74) is 0.784. The van der Waals surface area contributed by atoms with Gasteiger partial charge in [0.25, 0.3) is 5.91 Å². The summed E-state index contributed by atoms with van der Waals surface area (Å²) in [6, 6.07) is 4.07. The van der Waals surface area contributed by atoms with Crippen LogP contribution in [0.15, 0.2) is 18.5 Å². The number of aryl methyl sites for hydroxylation is 1. The van der Waals surface area contributed by atoms with Crippen molar-refractivity contribution in [3.63, 3.8) is 0 Å². The zero-order valence-electron chi connectivity index (χ0n) is 10.6. The highest BCUT2D eigenvalue weighted by atomic mass is 16.1. The highest BCUT2D eigenvalue weighted by Gasteiger charge is 2.33. The van der Waals surface area contributed by atoms with E-state index in [2.05, 4.69) is 16.4 Å². The number of aromatic nitrogens is 1. The fourth-order valence-corrected chi connectivity index (χ4v) is 2.39. The highest BCUT2D eigenvalue weighted by Crippen LogP contribution is 2.27. The Morgan fingerprint density at radius 2 is 2.11 bits per heavy atom. The molecule has 0 bridgehead atoms. The largest absolute Gasteiger partial charge is 0.334 e. The Morgan fingerprint density at radius 1 is 1.39 bits per heavy atom. The van der Waals surface area contributed by atoms with Gasteiger partial charge in [0.1, 0.15) is 5.54 Å². The average Bonchev–Trinajstić information content (AvgIpc) is 2.40. The molecular weight excluding hydrogens is 226 g/mol. The highest BCUT2D eigenvalue weighted by molar-refractivity contribution is 5.94. The first-order valence-electron chi connectivity index (χ1n) is 6.31.